The van der Waals surface area contributed by atoms with Gasteiger partial charge in [0.1, 0.15) is 11.8 Å². The van der Waals surface area contributed by atoms with Crippen molar-refractivity contribution in [3.8, 4) is 5.75 Å². The molecule has 2 aromatic carbocycles. The van der Waals surface area contributed by atoms with Gasteiger partial charge < -0.3 is 10.1 Å². The van der Waals surface area contributed by atoms with E-state index in [4.69, 9.17) is 16.3 Å². The fourth-order valence-corrected chi connectivity index (χ4v) is 4.31. The van der Waals surface area contributed by atoms with Crippen molar-refractivity contribution in [1.82, 2.24) is 9.78 Å². The molecule has 29 heavy (non-hydrogen) atoms. The molecule has 0 aliphatic rings. The monoisotopic (exact) mass is 497 g/mol. The lowest BCUT2D eigenvalue weighted by molar-refractivity contribution is -0.119. The van der Waals surface area contributed by atoms with E-state index in [2.05, 4.69) is 26.3 Å². The maximum atomic E-state index is 13.0. The molecule has 0 fully saturated rings. The van der Waals surface area contributed by atoms with Gasteiger partial charge in [-0.1, -0.05) is 11.6 Å². The van der Waals surface area contributed by atoms with Crippen LogP contribution in [-0.2, 0) is 14.6 Å². The molecule has 0 spiro atoms. The third-order valence-electron chi connectivity index (χ3n) is 4.16. The molecular weight excluding hydrogens is 482 g/mol. The van der Waals surface area contributed by atoms with Gasteiger partial charge in [-0.2, -0.15) is 5.10 Å². The van der Waals surface area contributed by atoms with Crippen LogP contribution < -0.4 is 10.1 Å². The Labute approximate surface area is 181 Å². The molecule has 3 aromatic rings. The van der Waals surface area contributed by atoms with Crippen LogP contribution in [0.15, 0.2) is 69.1 Å². The van der Waals surface area contributed by atoms with Crippen LogP contribution in [0.2, 0.25) is 5.02 Å². The van der Waals surface area contributed by atoms with Crippen LogP contribution in [-0.4, -0.2) is 31.2 Å². The summed E-state index contributed by atoms with van der Waals surface area (Å²) >= 11 is 9.13. The molecule has 1 aromatic heterocycles. The second-order valence-corrected chi connectivity index (χ2v) is 9.46. The van der Waals surface area contributed by atoms with Crippen LogP contribution >= 0.6 is 27.5 Å². The highest BCUT2D eigenvalue weighted by Gasteiger charge is 2.21. The van der Waals surface area contributed by atoms with Gasteiger partial charge in [-0.3, -0.25) is 9.48 Å². The number of rotatable bonds is 6. The number of hydrogen-bond acceptors (Lipinski definition) is 5. The molecule has 3 rings (SSSR count). The Morgan fingerprint density at radius 1 is 1.21 bits per heavy atom. The highest BCUT2D eigenvalue weighted by Crippen LogP contribution is 2.29. The zero-order valence-electron chi connectivity index (χ0n) is 15.5. The first kappa shape index (κ1) is 21.4. The summed E-state index contributed by atoms with van der Waals surface area (Å²) in [6.07, 6.45) is 3.25. The van der Waals surface area contributed by atoms with Crippen molar-refractivity contribution >= 4 is 49.0 Å². The number of anilines is 1. The summed E-state index contributed by atoms with van der Waals surface area (Å²) in [4.78, 5) is 12.7. The largest absolute Gasteiger partial charge is 0.497 e. The van der Waals surface area contributed by atoms with E-state index in [1.54, 1.807) is 25.4 Å². The molecular formula is C19H17BrClN3O4S. The maximum absolute atomic E-state index is 13.0. The highest BCUT2D eigenvalue weighted by atomic mass is 79.9. The van der Waals surface area contributed by atoms with Gasteiger partial charge >= 0.3 is 0 Å². The van der Waals surface area contributed by atoms with E-state index in [9.17, 15) is 13.2 Å². The second kappa shape index (κ2) is 8.56. The third kappa shape index (κ3) is 4.80. The molecule has 152 valence electrons. The van der Waals surface area contributed by atoms with Crippen LogP contribution in [0.1, 0.15) is 13.0 Å². The van der Waals surface area contributed by atoms with Crippen LogP contribution in [0.3, 0.4) is 0 Å². The minimum atomic E-state index is -3.83. The zero-order chi connectivity index (χ0) is 21.2. The Hall–Kier alpha value is -2.36. The first-order chi connectivity index (χ1) is 13.7. The van der Waals surface area contributed by atoms with Crippen molar-refractivity contribution in [1.29, 1.82) is 0 Å². The molecule has 0 radical (unpaired) electrons. The summed E-state index contributed by atoms with van der Waals surface area (Å²) in [6.45, 7) is 1.68. The summed E-state index contributed by atoms with van der Waals surface area (Å²) in [5.41, 5.74) is 0.292. The molecule has 1 unspecified atom stereocenters. The fraction of sp³-hybridized carbons (Fsp3) is 0.158. The van der Waals surface area contributed by atoms with Crippen LogP contribution in [0.4, 0.5) is 5.69 Å². The van der Waals surface area contributed by atoms with E-state index in [1.807, 2.05) is 0 Å². The molecule has 0 aliphatic carbocycles. The number of nitrogens with one attached hydrogen (secondary N) is 1. The number of nitrogens with zero attached hydrogens (tertiary/aromatic N) is 2. The summed E-state index contributed by atoms with van der Waals surface area (Å²) < 4.78 is 33.4. The molecule has 1 N–H and O–H groups in total. The van der Waals surface area contributed by atoms with E-state index in [0.29, 0.717) is 16.5 Å². The van der Waals surface area contributed by atoms with Gasteiger partial charge in [-0.15, -0.1) is 0 Å². The normalized spacial score (nSPS) is 12.4. The average molecular weight is 499 g/mol. The smallest absolute Gasteiger partial charge is 0.248 e. The minimum absolute atomic E-state index is 0.0102. The topological polar surface area (TPSA) is 90.3 Å². The summed E-state index contributed by atoms with van der Waals surface area (Å²) in [6, 6.07) is 9.57. The van der Waals surface area contributed by atoms with E-state index < -0.39 is 15.9 Å². The molecule has 0 bridgehead atoms. The predicted octanol–water partition coefficient (Wildman–Crippen LogP) is 4.34. The van der Waals surface area contributed by atoms with Gasteiger partial charge in [0.2, 0.25) is 15.7 Å². The van der Waals surface area contributed by atoms with Gasteiger partial charge in [0, 0.05) is 23.0 Å². The van der Waals surface area contributed by atoms with E-state index in [-0.39, 0.29) is 15.7 Å². The van der Waals surface area contributed by atoms with E-state index in [0.717, 1.165) is 4.47 Å². The number of halogens is 2. The number of ether oxygens (including phenoxy) is 1. The van der Waals surface area contributed by atoms with Crippen molar-refractivity contribution in [3.63, 3.8) is 0 Å². The first-order valence-corrected chi connectivity index (χ1v) is 11.1. The number of amides is 1. The van der Waals surface area contributed by atoms with Gasteiger partial charge in [-0.05, 0) is 59.3 Å². The maximum Gasteiger partial charge on any atom is 0.248 e. The van der Waals surface area contributed by atoms with Crippen LogP contribution in [0.5, 0.6) is 5.75 Å². The minimum Gasteiger partial charge on any atom is -0.497 e. The summed E-state index contributed by atoms with van der Waals surface area (Å²) in [5.74, 6) is -0.0616. The van der Waals surface area contributed by atoms with Gasteiger partial charge in [0.05, 0.1) is 27.6 Å². The van der Waals surface area contributed by atoms with Crippen molar-refractivity contribution in [2.75, 3.05) is 12.4 Å². The van der Waals surface area contributed by atoms with E-state index >= 15 is 0 Å². The van der Waals surface area contributed by atoms with Crippen molar-refractivity contribution in [3.05, 3.63) is 64.4 Å². The number of hydrogen-bond donors (Lipinski definition) is 1. The quantitative estimate of drug-likeness (QED) is 0.546. The van der Waals surface area contributed by atoms with Gasteiger partial charge in [0.15, 0.2) is 0 Å². The number of carbonyl (C=O) groups is 1. The number of sulfone groups is 1. The number of aromatic nitrogens is 2. The predicted molar refractivity (Wildman–Crippen MR) is 113 cm³/mol. The molecule has 0 saturated heterocycles. The lowest BCUT2D eigenvalue weighted by atomic mass is 10.2. The molecule has 1 heterocycles. The SMILES string of the molecule is COc1cc(NC(=O)C(C)n2cc(Br)cn2)cc(S(=O)(=O)c2ccc(Cl)cc2)c1. The van der Waals surface area contributed by atoms with Crippen molar-refractivity contribution in [2.24, 2.45) is 0 Å². The Morgan fingerprint density at radius 3 is 2.48 bits per heavy atom. The molecule has 10 heteroatoms. The number of carbonyl (C=O) groups excluding carboxylic acids is 1. The van der Waals surface area contributed by atoms with Crippen molar-refractivity contribution < 1.29 is 17.9 Å². The molecule has 7 nitrogen and oxygen atoms in total. The van der Waals surface area contributed by atoms with Crippen LogP contribution in [0, 0.1) is 0 Å². The zero-order valence-corrected chi connectivity index (χ0v) is 18.6. The standard InChI is InChI=1S/C19H17BrClN3O4S/c1-12(24-11-13(20)10-22-24)19(25)23-15-7-16(28-2)9-18(8-15)29(26,27)17-5-3-14(21)4-6-17/h3-12H,1-2H3,(H,23,25). The van der Waals surface area contributed by atoms with Gasteiger partial charge in [0.25, 0.3) is 0 Å². The first-order valence-electron chi connectivity index (χ1n) is 8.41. The molecule has 1 amide bonds. The lowest BCUT2D eigenvalue weighted by Gasteiger charge is -2.15. The second-order valence-electron chi connectivity index (χ2n) is 6.16. The van der Waals surface area contributed by atoms with Crippen LogP contribution in [0.25, 0.3) is 0 Å². The van der Waals surface area contributed by atoms with E-state index in [1.165, 1.54) is 48.2 Å². The number of benzene rings is 2. The fourth-order valence-electron chi connectivity index (χ4n) is 2.56. The van der Waals surface area contributed by atoms with Crippen molar-refractivity contribution in [2.45, 2.75) is 22.8 Å². The lowest BCUT2D eigenvalue weighted by Crippen LogP contribution is -2.24. The Morgan fingerprint density at radius 2 is 1.90 bits per heavy atom. The number of methoxy groups -OCH3 is 1. The Kier molecular flexibility index (Phi) is 6.30. The highest BCUT2D eigenvalue weighted by molar-refractivity contribution is 9.10. The Balaban J connectivity index is 1.92. The molecule has 1 atom stereocenters. The summed E-state index contributed by atoms with van der Waals surface area (Å²) in [5, 5.41) is 7.24. The summed E-state index contributed by atoms with van der Waals surface area (Å²) in [7, 11) is -2.41. The average Bonchev–Trinajstić information content (AvgIpc) is 3.13. The van der Waals surface area contributed by atoms with Gasteiger partial charge in [-0.25, -0.2) is 8.42 Å². The molecule has 0 aliphatic heterocycles. The third-order valence-corrected chi connectivity index (χ3v) is 6.57. The Bertz CT molecular complexity index is 1150. The molecule has 0 saturated carbocycles.